The van der Waals surface area contributed by atoms with E-state index in [0.29, 0.717) is 12.6 Å². The number of carbonyl (C=O) groups excluding carboxylic acids is 2. The van der Waals surface area contributed by atoms with E-state index in [4.69, 9.17) is 0 Å². The Bertz CT molecular complexity index is 276. The first kappa shape index (κ1) is 11.6. The Balaban J connectivity index is 1.79. The molecular formula is C12H20N2O2. The standard InChI is InChI=1S/C12H20N2O2/c1-13(11-4-5-11)12(16)8-14-6-2-3-10(7-14)9-15/h9-11H,2-8H2,1H3. The zero-order valence-electron chi connectivity index (χ0n) is 9.89. The molecule has 0 aromatic heterocycles. The van der Waals surface area contributed by atoms with Gasteiger partial charge in [0.15, 0.2) is 0 Å². The van der Waals surface area contributed by atoms with Crippen LogP contribution in [-0.4, -0.2) is 54.7 Å². The number of aldehydes is 1. The zero-order valence-corrected chi connectivity index (χ0v) is 9.89. The van der Waals surface area contributed by atoms with Crippen LogP contribution in [0.5, 0.6) is 0 Å². The molecule has 1 heterocycles. The van der Waals surface area contributed by atoms with Crippen molar-refractivity contribution in [2.45, 2.75) is 31.7 Å². The van der Waals surface area contributed by atoms with E-state index < -0.39 is 0 Å². The maximum absolute atomic E-state index is 11.9. The van der Waals surface area contributed by atoms with Crippen LogP contribution in [-0.2, 0) is 9.59 Å². The minimum atomic E-state index is 0.132. The Hall–Kier alpha value is -0.900. The van der Waals surface area contributed by atoms with Crippen LogP contribution in [0.25, 0.3) is 0 Å². The molecule has 4 heteroatoms. The van der Waals surface area contributed by atoms with Crippen molar-refractivity contribution >= 4 is 12.2 Å². The summed E-state index contributed by atoms with van der Waals surface area (Å²) >= 11 is 0. The van der Waals surface area contributed by atoms with Gasteiger partial charge in [-0.25, -0.2) is 0 Å². The lowest BCUT2D eigenvalue weighted by atomic mass is 10.00. The second-order valence-electron chi connectivity index (χ2n) is 5.01. The molecule has 1 unspecified atom stereocenters. The number of piperidine rings is 1. The van der Waals surface area contributed by atoms with E-state index in [9.17, 15) is 9.59 Å². The molecule has 1 saturated heterocycles. The Morgan fingerprint density at radius 3 is 2.81 bits per heavy atom. The van der Waals surface area contributed by atoms with Crippen LogP contribution in [0.4, 0.5) is 0 Å². The van der Waals surface area contributed by atoms with Crippen LogP contribution in [0.3, 0.4) is 0 Å². The maximum Gasteiger partial charge on any atom is 0.236 e. The molecule has 1 aliphatic heterocycles. The first-order valence-electron chi connectivity index (χ1n) is 6.14. The summed E-state index contributed by atoms with van der Waals surface area (Å²) in [5.41, 5.74) is 0. The lowest BCUT2D eigenvalue weighted by Gasteiger charge is -2.30. The van der Waals surface area contributed by atoms with Gasteiger partial charge in [0.25, 0.3) is 0 Å². The van der Waals surface area contributed by atoms with Gasteiger partial charge in [0.05, 0.1) is 6.54 Å². The third kappa shape index (κ3) is 2.82. The summed E-state index contributed by atoms with van der Waals surface area (Å²) in [6, 6.07) is 0.485. The summed E-state index contributed by atoms with van der Waals surface area (Å²) in [7, 11) is 1.89. The van der Waals surface area contributed by atoms with Crippen LogP contribution < -0.4 is 0 Å². The lowest BCUT2D eigenvalue weighted by molar-refractivity contribution is -0.132. The highest BCUT2D eigenvalue weighted by Gasteiger charge is 2.30. The van der Waals surface area contributed by atoms with E-state index in [0.717, 1.165) is 45.1 Å². The largest absolute Gasteiger partial charge is 0.342 e. The van der Waals surface area contributed by atoms with Crippen molar-refractivity contribution in [3.05, 3.63) is 0 Å². The van der Waals surface area contributed by atoms with E-state index in [-0.39, 0.29) is 11.8 Å². The van der Waals surface area contributed by atoms with Gasteiger partial charge in [-0.1, -0.05) is 0 Å². The predicted octanol–water partition coefficient (Wildman–Crippen LogP) is 0.518. The van der Waals surface area contributed by atoms with Crippen LogP contribution in [0.1, 0.15) is 25.7 Å². The Labute approximate surface area is 96.6 Å². The summed E-state index contributed by atoms with van der Waals surface area (Å²) < 4.78 is 0. The molecule has 2 aliphatic rings. The van der Waals surface area contributed by atoms with Gasteiger partial charge in [-0.15, -0.1) is 0 Å². The number of carbonyl (C=O) groups is 2. The second-order valence-corrected chi connectivity index (χ2v) is 5.01. The summed E-state index contributed by atoms with van der Waals surface area (Å²) in [6.45, 7) is 2.19. The van der Waals surface area contributed by atoms with Crippen LogP contribution in [0.2, 0.25) is 0 Å². The topological polar surface area (TPSA) is 40.6 Å². The van der Waals surface area contributed by atoms with Gasteiger partial charge in [0.1, 0.15) is 6.29 Å². The number of likely N-dealkylation sites (tertiary alicyclic amines) is 1. The number of likely N-dealkylation sites (N-methyl/N-ethyl adjacent to an activating group) is 1. The van der Waals surface area contributed by atoms with Gasteiger partial charge >= 0.3 is 0 Å². The van der Waals surface area contributed by atoms with Crippen molar-refractivity contribution in [3.63, 3.8) is 0 Å². The molecule has 1 aliphatic carbocycles. The molecule has 0 aromatic carbocycles. The Morgan fingerprint density at radius 2 is 2.19 bits per heavy atom. The molecule has 0 aromatic rings. The fraction of sp³-hybridized carbons (Fsp3) is 0.833. The first-order valence-corrected chi connectivity index (χ1v) is 6.14. The third-order valence-corrected chi connectivity index (χ3v) is 3.58. The SMILES string of the molecule is CN(C(=O)CN1CCCC(C=O)C1)C1CC1. The lowest BCUT2D eigenvalue weighted by Crippen LogP contribution is -2.44. The average Bonchev–Trinajstić information content (AvgIpc) is 3.12. The van der Waals surface area contributed by atoms with Crippen molar-refractivity contribution in [2.75, 3.05) is 26.7 Å². The molecule has 16 heavy (non-hydrogen) atoms. The van der Waals surface area contributed by atoms with Crippen molar-refractivity contribution in [1.29, 1.82) is 0 Å². The van der Waals surface area contributed by atoms with Gasteiger partial charge in [0, 0.05) is 25.6 Å². The van der Waals surface area contributed by atoms with E-state index in [1.807, 2.05) is 11.9 Å². The van der Waals surface area contributed by atoms with Gasteiger partial charge in [-0.3, -0.25) is 9.69 Å². The van der Waals surface area contributed by atoms with Gasteiger partial charge in [-0.2, -0.15) is 0 Å². The summed E-state index contributed by atoms with van der Waals surface area (Å²) in [5.74, 6) is 0.335. The molecule has 0 bridgehead atoms. The molecule has 4 nitrogen and oxygen atoms in total. The molecule has 2 rings (SSSR count). The van der Waals surface area contributed by atoms with Crippen LogP contribution in [0, 0.1) is 5.92 Å². The van der Waals surface area contributed by atoms with Crippen molar-refractivity contribution in [2.24, 2.45) is 5.92 Å². The van der Waals surface area contributed by atoms with Crippen LogP contribution >= 0.6 is 0 Å². The Kier molecular flexibility index (Phi) is 3.59. The van der Waals surface area contributed by atoms with E-state index >= 15 is 0 Å². The van der Waals surface area contributed by atoms with E-state index in [2.05, 4.69) is 4.90 Å². The highest BCUT2D eigenvalue weighted by Crippen LogP contribution is 2.25. The number of hydrogen-bond acceptors (Lipinski definition) is 3. The summed E-state index contributed by atoms with van der Waals surface area (Å²) in [5, 5.41) is 0. The van der Waals surface area contributed by atoms with Crippen molar-refractivity contribution in [3.8, 4) is 0 Å². The molecule has 1 saturated carbocycles. The third-order valence-electron chi connectivity index (χ3n) is 3.58. The van der Waals surface area contributed by atoms with Crippen LogP contribution in [0.15, 0.2) is 0 Å². The van der Waals surface area contributed by atoms with Gasteiger partial charge in [-0.05, 0) is 32.2 Å². The van der Waals surface area contributed by atoms with E-state index in [1.165, 1.54) is 0 Å². The monoisotopic (exact) mass is 224 g/mol. The van der Waals surface area contributed by atoms with Crippen molar-refractivity contribution < 1.29 is 9.59 Å². The molecule has 90 valence electrons. The fourth-order valence-corrected chi connectivity index (χ4v) is 2.31. The molecule has 0 spiro atoms. The van der Waals surface area contributed by atoms with Gasteiger partial charge in [0.2, 0.25) is 5.91 Å². The quantitative estimate of drug-likeness (QED) is 0.654. The molecule has 2 fully saturated rings. The fourth-order valence-electron chi connectivity index (χ4n) is 2.31. The minimum Gasteiger partial charge on any atom is -0.342 e. The first-order chi connectivity index (χ1) is 7.70. The predicted molar refractivity (Wildman–Crippen MR) is 61.0 cm³/mol. The maximum atomic E-state index is 11.9. The highest BCUT2D eigenvalue weighted by molar-refractivity contribution is 5.78. The summed E-state index contributed by atoms with van der Waals surface area (Å²) in [4.78, 5) is 26.6. The summed E-state index contributed by atoms with van der Waals surface area (Å²) in [6.07, 6.45) is 5.34. The number of nitrogens with zero attached hydrogens (tertiary/aromatic N) is 2. The zero-order chi connectivity index (χ0) is 11.5. The molecule has 1 atom stereocenters. The number of amides is 1. The van der Waals surface area contributed by atoms with E-state index in [1.54, 1.807) is 0 Å². The molecular weight excluding hydrogens is 204 g/mol. The molecule has 0 radical (unpaired) electrons. The number of hydrogen-bond donors (Lipinski definition) is 0. The number of rotatable bonds is 4. The molecule has 0 N–H and O–H groups in total. The smallest absolute Gasteiger partial charge is 0.236 e. The second kappa shape index (κ2) is 4.95. The van der Waals surface area contributed by atoms with Crippen molar-refractivity contribution in [1.82, 2.24) is 9.80 Å². The average molecular weight is 224 g/mol. The molecule has 1 amide bonds. The highest BCUT2D eigenvalue weighted by atomic mass is 16.2. The van der Waals surface area contributed by atoms with Gasteiger partial charge < -0.3 is 9.69 Å². The minimum absolute atomic E-state index is 0.132. The Morgan fingerprint density at radius 1 is 1.44 bits per heavy atom. The normalized spacial score (nSPS) is 26.4.